The van der Waals surface area contributed by atoms with Crippen molar-refractivity contribution in [1.29, 1.82) is 0 Å². The number of amides is 5. The zero-order valence-corrected chi connectivity index (χ0v) is 44.1. The Morgan fingerprint density at radius 3 is 1.93 bits per heavy atom. The summed E-state index contributed by atoms with van der Waals surface area (Å²) in [6.45, 7) is 4.77. The predicted molar refractivity (Wildman–Crippen MR) is 274 cm³/mol. The number of ether oxygens (including phenoxy) is 4. The summed E-state index contributed by atoms with van der Waals surface area (Å²) in [4.78, 5) is 87.5. The number of nitrogens with one attached hydrogen (secondary N) is 4. The Bertz CT molecular complexity index is 2880. The van der Waals surface area contributed by atoms with E-state index >= 15 is 9.59 Å². The molecule has 23 heteroatoms. The minimum Gasteiger partial charge on any atom is -0.508 e. The number of carbonyl (C=O) groups is 6. The summed E-state index contributed by atoms with van der Waals surface area (Å²) in [5.74, 6) is -5.45. The van der Waals surface area contributed by atoms with Gasteiger partial charge in [0.15, 0.2) is 29.0 Å². The van der Waals surface area contributed by atoms with Crippen LogP contribution >= 0.6 is 69.0 Å². The van der Waals surface area contributed by atoms with E-state index in [9.17, 15) is 34.5 Å². The van der Waals surface area contributed by atoms with E-state index in [0.29, 0.717) is 9.13 Å². The molecule has 72 heavy (non-hydrogen) atoms. The molecule has 7 N–H and O–H groups in total. The third-order valence-corrected chi connectivity index (χ3v) is 12.9. The molecule has 0 saturated carbocycles. The van der Waals surface area contributed by atoms with E-state index in [1.807, 2.05) is 22.6 Å². The largest absolute Gasteiger partial charge is 0.508 e. The molecule has 0 unspecified atom stereocenters. The van der Waals surface area contributed by atoms with Gasteiger partial charge in [0.1, 0.15) is 41.3 Å². The standard InChI is InChI=1S/C49H46Cl4IN5O13/c1-49(2,3)72-48(68)58-37(24-16-29(50)40(61)30(51)17-24)45(65)55-36-26-20-33(54)42(69-5)35(21-26)71-28-13-7-22(8-14-28)15-34(43(63)57-39(47(67)70-6)23-9-11-27(60)12-10-23)59(4)46(66)38(56-44(36)64)25-18-31(52)41(62)32(53)19-25/h7-14,16-21,34,36-39,60-62H,15H2,1-6H3,(H,55,65)(H,56,64)(H,57,63)(H,58,68)/t34-,36+,37+,38+,39+/m0/s1. The lowest BCUT2D eigenvalue weighted by atomic mass is 9.98. The Labute approximate surface area is 446 Å². The average Bonchev–Trinajstić information content (AvgIpc) is 3.32. The number of likely N-dealkylation sites (N-methyl/N-ethyl adjacent to an activating group) is 1. The molecule has 0 radical (unpaired) electrons. The van der Waals surface area contributed by atoms with Gasteiger partial charge in [0.2, 0.25) is 23.6 Å². The molecule has 2 aliphatic heterocycles. The Hall–Kier alpha value is -6.39. The number of methoxy groups -OCH3 is 2. The van der Waals surface area contributed by atoms with Crippen LogP contribution in [0.1, 0.15) is 72.8 Å². The number of hydrogen-bond acceptors (Lipinski definition) is 13. The summed E-state index contributed by atoms with van der Waals surface area (Å²) in [5, 5.41) is 40.2. The van der Waals surface area contributed by atoms with Crippen molar-refractivity contribution in [3.63, 3.8) is 0 Å². The molecule has 0 aliphatic carbocycles. The minimum absolute atomic E-state index is 0.0456. The molecule has 0 saturated heterocycles. The second-order valence-corrected chi connectivity index (χ2v) is 19.9. The van der Waals surface area contributed by atoms with Gasteiger partial charge in [-0.25, -0.2) is 9.59 Å². The lowest BCUT2D eigenvalue weighted by Crippen LogP contribution is -2.54. The number of nitrogens with zero attached hydrogens (tertiary/aromatic N) is 1. The van der Waals surface area contributed by atoms with Crippen LogP contribution in [0.4, 0.5) is 4.79 Å². The molecule has 7 rings (SSSR count). The molecule has 0 fully saturated rings. The fourth-order valence-corrected chi connectivity index (χ4v) is 9.26. The maximum atomic E-state index is 15.2. The molecular weight excluding hydrogens is 1140 g/mol. The van der Waals surface area contributed by atoms with Gasteiger partial charge in [-0.05, 0) is 132 Å². The van der Waals surface area contributed by atoms with Crippen molar-refractivity contribution in [2.75, 3.05) is 21.3 Å². The van der Waals surface area contributed by atoms with Gasteiger partial charge < -0.3 is 60.4 Å². The third-order valence-electron chi connectivity index (χ3n) is 11.0. The Balaban J connectivity index is 1.53. The molecule has 4 bridgehead atoms. The third kappa shape index (κ3) is 13.0. The van der Waals surface area contributed by atoms with Crippen molar-refractivity contribution in [2.24, 2.45) is 0 Å². The number of aromatic hydroxyl groups is 3. The highest BCUT2D eigenvalue weighted by Crippen LogP contribution is 2.41. The summed E-state index contributed by atoms with van der Waals surface area (Å²) < 4.78 is 22.9. The second-order valence-electron chi connectivity index (χ2n) is 17.1. The Kier molecular flexibility index (Phi) is 17.5. The predicted octanol–water partition coefficient (Wildman–Crippen LogP) is 8.52. The molecule has 2 aliphatic rings. The lowest BCUT2D eigenvalue weighted by molar-refractivity contribution is -0.147. The normalized spacial score (nSPS) is 16.9. The Morgan fingerprint density at radius 1 is 0.792 bits per heavy atom. The first-order valence-electron chi connectivity index (χ1n) is 21.4. The molecule has 5 amide bonds. The van der Waals surface area contributed by atoms with Gasteiger partial charge in [-0.15, -0.1) is 0 Å². The molecule has 5 atom stereocenters. The van der Waals surface area contributed by atoms with E-state index < -0.39 is 83.0 Å². The highest BCUT2D eigenvalue weighted by molar-refractivity contribution is 14.1. The number of esters is 1. The van der Waals surface area contributed by atoms with Crippen LogP contribution in [0.3, 0.4) is 0 Å². The quantitative estimate of drug-likeness (QED) is 0.0512. The van der Waals surface area contributed by atoms with Crippen LogP contribution in [0.5, 0.6) is 34.5 Å². The summed E-state index contributed by atoms with van der Waals surface area (Å²) in [7, 11) is 3.79. The molecule has 5 aromatic rings. The zero-order valence-electron chi connectivity index (χ0n) is 38.9. The van der Waals surface area contributed by atoms with E-state index in [0.717, 1.165) is 12.0 Å². The van der Waals surface area contributed by atoms with E-state index in [1.54, 1.807) is 45.0 Å². The molecule has 5 aromatic carbocycles. The number of fused-ring (bicyclic) bond motifs is 9. The molecular formula is C49H46Cl4IN5O13. The molecule has 0 aromatic heterocycles. The molecule has 380 valence electrons. The highest BCUT2D eigenvalue weighted by Gasteiger charge is 2.39. The topological polar surface area (TPSA) is 251 Å². The van der Waals surface area contributed by atoms with Crippen molar-refractivity contribution >= 4 is 105 Å². The monoisotopic (exact) mass is 1180 g/mol. The van der Waals surface area contributed by atoms with Crippen LogP contribution in [-0.2, 0) is 39.9 Å². The summed E-state index contributed by atoms with van der Waals surface area (Å²) in [6, 6.07) is 11.2. The number of benzene rings is 5. The van der Waals surface area contributed by atoms with Crippen LogP contribution in [0.25, 0.3) is 0 Å². The summed E-state index contributed by atoms with van der Waals surface area (Å²) in [5.41, 5.74) is -0.400. The smallest absolute Gasteiger partial charge is 0.408 e. The van der Waals surface area contributed by atoms with Gasteiger partial charge >= 0.3 is 12.1 Å². The van der Waals surface area contributed by atoms with Gasteiger partial charge in [0.05, 0.1) is 37.9 Å². The zero-order chi connectivity index (χ0) is 52.9. The van der Waals surface area contributed by atoms with Crippen molar-refractivity contribution in [3.8, 4) is 34.5 Å². The van der Waals surface area contributed by atoms with E-state index in [2.05, 4.69) is 21.3 Å². The van der Waals surface area contributed by atoms with Crippen molar-refractivity contribution < 1.29 is 63.0 Å². The van der Waals surface area contributed by atoms with Gasteiger partial charge in [-0.1, -0.05) is 70.7 Å². The van der Waals surface area contributed by atoms with Crippen molar-refractivity contribution in [2.45, 2.75) is 63.0 Å². The average molecular weight is 1180 g/mol. The number of alkyl carbamates (subject to hydrolysis) is 1. The Morgan fingerprint density at radius 2 is 1.38 bits per heavy atom. The lowest BCUT2D eigenvalue weighted by Gasteiger charge is -2.33. The summed E-state index contributed by atoms with van der Waals surface area (Å²) >= 11 is 27.4. The number of hydrogen-bond donors (Lipinski definition) is 7. The first kappa shape index (κ1) is 54.9. The van der Waals surface area contributed by atoms with Crippen LogP contribution in [0.15, 0.2) is 84.9 Å². The van der Waals surface area contributed by atoms with Gasteiger partial charge in [-0.2, -0.15) is 0 Å². The molecule has 0 spiro atoms. The maximum absolute atomic E-state index is 15.2. The SMILES string of the molecule is COC(=O)[C@H](NC(=O)[C@@H]1Cc2ccc(cc2)Oc2cc(cc(I)c2OC)[C@@H](NC(=O)[C@H](NC(=O)OC(C)(C)C)c2cc(Cl)c(O)c(Cl)c2)C(=O)N[C@H](c2cc(Cl)c(O)c(Cl)c2)C(=O)N1C)c1ccc(O)cc1. The highest BCUT2D eigenvalue weighted by atomic mass is 127. The number of carbonyl (C=O) groups excluding carboxylic acids is 6. The fourth-order valence-electron chi connectivity index (χ4n) is 7.41. The first-order chi connectivity index (χ1) is 33.9. The van der Waals surface area contributed by atoms with Gasteiger partial charge in [-0.3, -0.25) is 19.2 Å². The van der Waals surface area contributed by atoms with E-state index in [1.165, 1.54) is 74.8 Å². The molecule has 18 nitrogen and oxygen atoms in total. The van der Waals surface area contributed by atoms with E-state index in [4.69, 9.17) is 65.4 Å². The van der Waals surface area contributed by atoms with Crippen LogP contribution in [-0.4, -0.2) is 88.8 Å². The van der Waals surface area contributed by atoms with E-state index in [-0.39, 0.29) is 71.8 Å². The van der Waals surface area contributed by atoms with Crippen molar-refractivity contribution in [3.05, 3.63) is 136 Å². The van der Waals surface area contributed by atoms with Crippen molar-refractivity contribution in [1.82, 2.24) is 26.2 Å². The van der Waals surface area contributed by atoms with Crippen LogP contribution < -0.4 is 30.7 Å². The van der Waals surface area contributed by atoms with Gasteiger partial charge in [0.25, 0.3) is 0 Å². The number of phenols is 3. The first-order valence-corrected chi connectivity index (χ1v) is 24.0. The second kappa shape index (κ2) is 23.0. The number of rotatable bonds is 10. The maximum Gasteiger partial charge on any atom is 0.408 e. The van der Waals surface area contributed by atoms with Gasteiger partial charge in [0, 0.05) is 13.5 Å². The number of halogens is 5. The number of phenolic OH excluding ortho intramolecular Hbond substituents is 3. The summed E-state index contributed by atoms with van der Waals surface area (Å²) in [6.07, 6.45) is -1.26. The minimum atomic E-state index is -1.81. The fraction of sp³-hybridized carbons (Fsp3) is 0.265. The van der Waals surface area contributed by atoms with Crippen LogP contribution in [0, 0.1) is 3.57 Å². The molecule has 2 heterocycles. The van der Waals surface area contributed by atoms with Crippen LogP contribution in [0.2, 0.25) is 20.1 Å².